The van der Waals surface area contributed by atoms with Gasteiger partial charge in [-0.15, -0.1) is 11.3 Å². The summed E-state index contributed by atoms with van der Waals surface area (Å²) in [5.74, 6) is -0.0304. The number of nitrogens with zero attached hydrogens (tertiary/aromatic N) is 4. The lowest BCUT2D eigenvalue weighted by molar-refractivity contribution is -0.124. The Morgan fingerprint density at radius 3 is 3.00 bits per heavy atom. The summed E-state index contributed by atoms with van der Waals surface area (Å²) in [7, 11) is 0. The van der Waals surface area contributed by atoms with Crippen LogP contribution in [0.2, 0.25) is 0 Å². The highest BCUT2D eigenvalue weighted by molar-refractivity contribution is 7.13. The first-order valence-electron chi connectivity index (χ1n) is 7.82. The zero-order valence-corrected chi connectivity index (χ0v) is 14.0. The van der Waals surface area contributed by atoms with E-state index in [2.05, 4.69) is 20.3 Å². The third-order valence-electron chi connectivity index (χ3n) is 3.80. The summed E-state index contributed by atoms with van der Waals surface area (Å²) in [5.41, 5.74) is 0.889. The fraction of sp³-hybridized carbons (Fsp3) is 0.533. The predicted molar refractivity (Wildman–Crippen MR) is 88.5 cm³/mol. The zero-order chi connectivity index (χ0) is 16.1. The van der Waals surface area contributed by atoms with Crippen LogP contribution in [0.25, 0.3) is 0 Å². The molecule has 1 aliphatic heterocycles. The lowest BCUT2D eigenvalue weighted by atomic mass is 10.2. The summed E-state index contributed by atoms with van der Waals surface area (Å²) in [4.78, 5) is 19.2. The summed E-state index contributed by atoms with van der Waals surface area (Å²) in [6.45, 7) is 5.65. The van der Waals surface area contributed by atoms with Gasteiger partial charge in [-0.25, -0.2) is 4.98 Å². The maximum Gasteiger partial charge on any atom is 0.245 e. The molecule has 1 unspecified atom stereocenters. The Morgan fingerprint density at radius 2 is 2.30 bits per heavy atom. The number of thiazole rings is 1. The minimum Gasteiger partial charge on any atom is -0.378 e. The summed E-state index contributed by atoms with van der Waals surface area (Å²) in [5, 5.41) is 10.1. The molecule has 1 N–H and O–H groups in total. The number of morpholine rings is 1. The minimum absolute atomic E-state index is 0.0304. The fourth-order valence-electron chi connectivity index (χ4n) is 2.53. The van der Waals surface area contributed by atoms with Gasteiger partial charge in [0.25, 0.3) is 0 Å². The molecule has 1 fully saturated rings. The Morgan fingerprint density at radius 1 is 1.48 bits per heavy atom. The molecule has 0 radical (unpaired) electrons. The molecule has 8 heteroatoms. The number of anilines is 1. The van der Waals surface area contributed by atoms with E-state index in [0.717, 1.165) is 37.1 Å². The van der Waals surface area contributed by atoms with Gasteiger partial charge in [-0.2, -0.15) is 5.10 Å². The van der Waals surface area contributed by atoms with Gasteiger partial charge in [0.2, 0.25) is 5.91 Å². The number of nitrogens with one attached hydrogen (secondary N) is 1. The van der Waals surface area contributed by atoms with Crippen molar-refractivity contribution in [1.29, 1.82) is 0 Å². The first kappa shape index (κ1) is 15.9. The highest BCUT2D eigenvalue weighted by Gasteiger charge is 2.19. The molecule has 1 saturated heterocycles. The normalized spacial score (nSPS) is 16.3. The van der Waals surface area contributed by atoms with Crippen molar-refractivity contribution in [2.24, 2.45) is 0 Å². The van der Waals surface area contributed by atoms with E-state index in [1.807, 2.05) is 24.6 Å². The summed E-state index contributed by atoms with van der Waals surface area (Å²) in [6.07, 6.45) is 4.20. The van der Waals surface area contributed by atoms with Crippen LogP contribution in [0.15, 0.2) is 23.8 Å². The minimum atomic E-state index is -0.276. The first-order valence-corrected chi connectivity index (χ1v) is 8.70. The molecule has 3 heterocycles. The van der Waals surface area contributed by atoms with Crippen LogP contribution in [0.5, 0.6) is 0 Å². The molecular weight excluding hydrogens is 314 g/mol. The van der Waals surface area contributed by atoms with Gasteiger partial charge >= 0.3 is 0 Å². The summed E-state index contributed by atoms with van der Waals surface area (Å²) < 4.78 is 7.04. The van der Waals surface area contributed by atoms with E-state index in [1.165, 1.54) is 0 Å². The Hall–Kier alpha value is -1.93. The van der Waals surface area contributed by atoms with E-state index in [-0.39, 0.29) is 11.9 Å². The topological polar surface area (TPSA) is 72.3 Å². The van der Waals surface area contributed by atoms with Crippen molar-refractivity contribution in [3.63, 3.8) is 0 Å². The number of hydrogen-bond acceptors (Lipinski definition) is 6. The number of aromatic nitrogens is 3. The smallest absolute Gasteiger partial charge is 0.245 e. The van der Waals surface area contributed by atoms with Gasteiger partial charge in [0.05, 0.1) is 25.5 Å². The van der Waals surface area contributed by atoms with Crippen LogP contribution in [0, 0.1) is 0 Å². The van der Waals surface area contributed by atoms with E-state index in [9.17, 15) is 4.79 Å². The average Bonchev–Trinajstić information content (AvgIpc) is 3.26. The molecule has 2 aromatic rings. The monoisotopic (exact) mass is 335 g/mol. The van der Waals surface area contributed by atoms with E-state index >= 15 is 0 Å². The number of carbonyl (C=O) groups excluding carboxylic acids is 1. The Labute approximate surface area is 139 Å². The quantitative estimate of drug-likeness (QED) is 0.865. The second-order valence-electron chi connectivity index (χ2n) is 5.35. The molecule has 7 nitrogen and oxygen atoms in total. The van der Waals surface area contributed by atoms with Crippen LogP contribution in [-0.4, -0.2) is 47.0 Å². The van der Waals surface area contributed by atoms with Gasteiger partial charge < -0.3 is 15.0 Å². The summed E-state index contributed by atoms with van der Waals surface area (Å²) >= 11 is 1.61. The van der Waals surface area contributed by atoms with Gasteiger partial charge in [0.15, 0.2) is 5.13 Å². The van der Waals surface area contributed by atoms with Crippen LogP contribution in [0.4, 0.5) is 5.13 Å². The Balaban J connectivity index is 1.55. The highest BCUT2D eigenvalue weighted by Crippen LogP contribution is 2.21. The Kier molecular flexibility index (Phi) is 5.24. The van der Waals surface area contributed by atoms with Gasteiger partial charge in [-0.3, -0.25) is 9.48 Å². The maximum absolute atomic E-state index is 12.3. The van der Waals surface area contributed by atoms with E-state index in [0.29, 0.717) is 13.0 Å². The summed E-state index contributed by atoms with van der Waals surface area (Å²) in [6, 6.07) is 1.55. The van der Waals surface area contributed by atoms with Crippen LogP contribution in [-0.2, 0) is 16.1 Å². The molecule has 2 aromatic heterocycles. The molecule has 124 valence electrons. The molecule has 1 amide bonds. The number of carbonyl (C=O) groups is 1. The standard InChI is InChI=1S/C15H21N5O2S/c1-2-13(20-5-3-4-17-20)14(21)16-10-12-11-23-15(18-12)19-6-8-22-9-7-19/h3-5,11,13H,2,6-10H2,1H3,(H,16,21). The molecule has 1 atom stereocenters. The lowest BCUT2D eigenvalue weighted by Crippen LogP contribution is -2.36. The van der Waals surface area contributed by atoms with Crippen molar-refractivity contribution in [2.75, 3.05) is 31.2 Å². The van der Waals surface area contributed by atoms with Gasteiger partial charge in [0, 0.05) is 30.9 Å². The predicted octanol–water partition coefficient (Wildman–Crippen LogP) is 1.44. The van der Waals surface area contributed by atoms with Crippen molar-refractivity contribution in [1.82, 2.24) is 20.1 Å². The van der Waals surface area contributed by atoms with Gasteiger partial charge in [-0.1, -0.05) is 6.92 Å². The third-order valence-corrected chi connectivity index (χ3v) is 4.75. The fourth-order valence-corrected chi connectivity index (χ4v) is 3.41. The molecule has 23 heavy (non-hydrogen) atoms. The van der Waals surface area contributed by atoms with Crippen molar-refractivity contribution >= 4 is 22.4 Å². The van der Waals surface area contributed by atoms with E-state index < -0.39 is 0 Å². The van der Waals surface area contributed by atoms with Gasteiger partial charge in [0.1, 0.15) is 6.04 Å². The Bertz CT molecular complexity index is 622. The van der Waals surface area contributed by atoms with Crippen molar-refractivity contribution in [3.8, 4) is 0 Å². The maximum atomic E-state index is 12.3. The highest BCUT2D eigenvalue weighted by atomic mass is 32.1. The van der Waals surface area contributed by atoms with Crippen LogP contribution >= 0.6 is 11.3 Å². The van der Waals surface area contributed by atoms with Crippen molar-refractivity contribution in [3.05, 3.63) is 29.5 Å². The SMILES string of the molecule is CCC(C(=O)NCc1csc(N2CCOCC2)n1)n1cccn1. The molecule has 0 aromatic carbocycles. The van der Waals surface area contributed by atoms with Crippen LogP contribution in [0.3, 0.4) is 0 Å². The number of rotatable bonds is 6. The molecule has 0 bridgehead atoms. The molecule has 1 aliphatic rings. The zero-order valence-electron chi connectivity index (χ0n) is 13.1. The van der Waals surface area contributed by atoms with Gasteiger partial charge in [-0.05, 0) is 12.5 Å². The molecule has 0 saturated carbocycles. The van der Waals surface area contributed by atoms with Crippen LogP contribution in [0.1, 0.15) is 25.1 Å². The lowest BCUT2D eigenvalue weighted by Gasteiger charge is -2.26. The first-order chi connectivity index (χ1) is 11.3. The second-order valence-corrected chi connectivity index (χ2v) is 6.19. The second kappa shape index (κ2) is 7.56. The third kappa shape index (κ3) is 3.89. The van der Waals surface area contributed by atoms with Crippen molar-refractivity contribution < 1.29 is 9.53 Å². The number of amides is 1. The molecule has 0 aliphatic carbocycles. The van der Waals surface area contributed by atoms with E-state index in [1.54, 1.807) is 22.2 Å². The molecule has 3 rings (SSSR count). The average molecular weight is 335 g/mol. The molecule has 0 spiro atoms. The number of hydrogen-bond donors (Lipinski definition) is 1. The van der Waals surface area contributed by atoms with E-state index in [4.69, 9.17) is 4.74 Å². The van der Waals surface area contributed by atoms with Crippen molar-refractivity contribution in [2.45, 2.75) is 25.9 Å². The van der Waals surface area contributed by atoms with Crippen LogP contribution < -0.4 is 10.2 Å². The molecular formula is C15H21N5O2S. The number of ether oxygens (including phenoxy) is 1. The largest absolute Gasteiger partial charge is 0.378 e.